The van der Waals surface area contributed by atoms with Gasteiger partial charge in [0.2, 0.25) is 5.88 Å². The highest BCUT2D eigenvalue weighted by atomic mass is 35.5. The van der Waals surface area contributed by atoms with Gasteiger partial charge in [-0.1, -0.05) is 17.7 Å². The highest BCUT2D eigenvalue weighted by Crippen LogP contribution is 2.46. The van der Waals surface area contributed by atoms with Crippen molar-refractivity contribution in [2.75, 3.05) is 30.1 Å². The summed E-state index contributed by atoms with van der Waals surface area (Å²) in [5.41, 5.74) is 10.8. The van der Waals surface area contributed by atoms with Crippen molar-refractivity contribution in [1.29, 1.82) is 0 Å². The SMILES string of the molecule is NC(=O)N(Nc1cnc2c(c1)CC1(CN3CCC1CC3)O2)c1cccc(Cl)c1. The van der Waals surface area contributed by atoms with Gasteiger partial charge in [0, 0.05) is 29.5 Å². The van der Waals surface area contributed by atoms with E-state index in [1.165, 1.54) is 30.9 Å². The van der Waals surface area contributed by atoms with Crippen LogP contribution in [-0.4, -0.2) is 41.2 Å². The van der Waals surface area contributed by atoms with Gasteiger partial charge in [-0.25, -0.2) is 14.8 Å². The molecule has 3 saturated heterocycles. The predicted octanol–water partition coefficient (Wildman–Crippen LogP) is 3.05. The Kier molecular flexibility index (Phi) is 4.10. The molecule has 6 rings (SSSR count). The number of rotatable bonds is 3. The van der Waals surface area contributed by atoms with E-state index in [1.807, 2.05) is 6.07 Å². The lowest BCUT2D eigenvalue weighted by Crippen LogP contribution is -2.61. The van der Waals surface area contributed by atoms with Crippen molar-refractivity contribution in [2.45, 2.75) is 24.9 Å². The van der Waals surface area contributed by atoms with Crippen LogP contribution in [0.2, 0.25) is 5.02 Å². The fraction of sp³-hybridized carbons (Fsp3) is 0.400. The smallest absolute Gasteiger partial charge is 0.338 e. The molecule has 1 aromatic carbocycles. The van der Waals surface area contributed by atoms with Gasteiger partial charge in [0.05, 0.1) is 17.6 Å². The molecule has 2 amide bonds. The third kappa shape index (κ3) is 2.95. The lowest BCUT2D eigenvalue weighted by molar-refractivity contribution is -0.0814. The molecule has 4 aliphatic heterocycles. The molecule has 3 N–H and O–H groups in total. The molecule has 0 aliphatic carbocycles. The molecule has 5 heterocycles. The molecule has 2 aromatic rings. The fourth-order valence-electron chi connectivity index (χ4n) is 4.76. The van der Waals surface area contributed by atoms with Gasteiger partial charge < -0.3 is 10.5 Å². The number of fused-ring (bicyclic) bond motifs is 3. The van der Waals surface area contributed by atoms with Crippen molar-refractivity contribution in [3.05, 3.63) is 47.1 Å². The van der Waals surface area contributed by atoms with Crippen LogP contribution in [-0.2, 0) is 6.42 Å². The number of anilines is 2. The number of aromatic nitrogens is 1. The maximum absolute atomic E-state index is 12.0. The number of urea groups is 1. The van der Waals surface area contributed by atoms with Crippen LogP contribution >= 0.6 is 11.6 Å². The number of nitrogens with one attached hydrogen (secondary N) is 1. The lowest BCUT2D eigenvalue weighted by atomic mass is 9.73. The Hall–Kier alpha value is -2.51. The van der Waals surface area contributed by atoms with E-state index in [2.05, 4.69) is 15.3 Å². The van der Waals surface area contributed by atoms with Gasteiger partial charge in [-0.3, -0.25) is 10.3 Å². The number of pyridine rings is 1. The number of hydrogen-bond acceptors (Lipinski definition) is 5. The quantitative estimate of drug-likeness (QED) is 0.775. The van der Waals surface area contributed by atoms with Crippen molar-refractivity contribution >= 4 is 29.0 Å². The maximum atomic E-state index is 12.0. The van der Waals surface area contributed by atoms with E-state index in [0.717, 1.165) is 18.5 Å². The average Bonchev–Trinajstić information content (AvgIpc) is 3.03. The minimum Gasteiger partial charge on any atom is -0.469 e. The third-order valence-corrected chi connectivity index (χ3v) is 6.30. The predicted molar refractivity (Wildman–Crippen MR) is 108 cm³/mol. The van der Waals surface area contributed by atoms with Crippen LogP contribution in [0.15, 0.2) is 36.5 Å². The van der Waals surface area contributed by atoms with Gasteiger partial charge in [0.25, 0.3) is 0 Å². The molecule has 1 aromatic heterocycles. The molecule has 8 heteroatoms. The second-order valence-electron chi connectivity index (χ2n) is 7.85. The Morgan fingerprint density at radius 2 is 2.18 bits per heavy atom. The first-order chi connectivity index (χ1) is 13.5. The van der Waals surface area contributed by atoms with Gasteiger partial charge >= 0.3 is 6.03 Å². The number of hydrazine groups is 1. The summed E-state index contributed by atoms with van der Waals surface area (Å²) in [4.78, 5) is 19.0. The van der Waals surface area contributed by atoms with E-state index in [9.17, 15) is 4.79 Å². The monoisotopic (exact) mass is 399 g/mol. The van der Waals surface area contributed by atoms with Gasteiger partial charge in [-0.05, 0) is 50.2 Å². The van der Waals surface area contributed by atoms with Crippen molar-refractivity contribution in [3.8, 4) is 5.88 Å². The van der Waals surface area contributed by atoms with E-state index in [0.29, 0.717) is 28.2 Å². The number of piperidine rings is 3. The Morgan fingerprint density at radius 1 is 1.36 bits per heavy atom. The molecule has 0 radical (unpaired) electrons. The number of benzene rings is 1. The number of halogens is 1. The first-order valence-corrected chi connectivity index (χ1v) is 9.92. The van der Waals surface area contributed by atoms with Crippen molar-refractivity contribution < 1.29 is 9.53 Å². The zero-order valence-corrected chi connectivity index (χ0v) is 16.2. The summed E-state index contributed by atoms with van der Waals surface area (Å²) in [6.45, 7) is 3.30. The van der Waals surface area contributed by atoms with Crippen LogP contribution in [0, 0.1) is 5.92 Å². The van der Waals surface area contributed by atoms with E-state index in [1.54, 1.807) is 30.5 Å². The van der Waals surface area contributed by atoms with E-state index < -0.39 is 6.03 Å². The fourth-order valence-corrected chi connectivity index (χ4v) is 4.94. The van der Waals surface area contributed by atoms with E-state index in [4.69, 9.17) is 22.1 Å². The maximum Gasteiger partial charge on any atom is 0.338 e. The zero-order valence-electron chi connectivity index (χ0n) is 15.4. The molecular formula is C20H22ClN5O2. The Balaban J connectivity index is 1.39. The third-order valence-electron chi connectivity index (χ3n) is 6.07. The van der Waals surface area contributed by atoms with Crippen molar-refractivity contribution in [2.24, 2.45) is 11.7 Å². The number of nitrogens with zero attached hydrogens (tertiary/aromatic N) is 3. The summed E-state index contributed by atoms with van der Waals surface area (Å²) in [5.74, 6) is 1.28. The van der Waals surface area contributed by atoms with Gasteiger partial charge in [0.15, 0.2) is 0 Å². The highest BCUT2D eigenvalue weighted by molar-refractivity contribution is 6.30. The molecule has 1 atom stereocenters. The second-order valence-corrected chi connectivity index (χ2v) is 8.28. The summed E-state index contributed by atoms with van der Waals surface area (Å²) in [6, 6.07) is 8.30. The van der Waals surface area contributed by atoms with Crippen LogP contribution in [0.25, 0.3) is 0 Å². The Bertz CT molecular complexity index is 931. The summed E-state index contributed by atoms with van der Waals surface area (Å²) >= 11 is 6.05. The molecular weight excluding hydrogens is 378 g/mol. The van der Waals surface area contributed by atoms with Gasteiger partial charge in [0.1, 0.15) is 5.60 Å². The van der Waals surface area contributed by atoms with Crippen LogP contribution < -0.4 is 20.9 Å². The van der Waals surface area contributed by atoms with Gasteiger partial charge in [-0.15, -0.1) is 0 Å². The molecule has 146 valence electrons. The Labute approximate surface area is 168 Å². The largest absolute Gasteiger partial charge is 0.469 e. The standard InChI is InChI=1S/C20H22ClN5O2/c21-15-2-1-3-17(9-15)26(19(22)27)24-16-8-13-10-20(28-18(13)23-11-16)12-25-6-4-14(20)5-7-25/h1-3,8-9,11,14,24H,4-7,10,12H2,(H2,22,27). The molecule has 1 spiro atoms. The summed E-state index contributed by atoms with van der Waals surface area (Å²) in [5, 5.41) is 1.78. The Morgan fingerprint density at radius 3 is 2.86 bits per heavy atom. The summed E-state index contributed by atoms with van der Waals surface area (Å²) in [6.07, 6.45) is 4.88. The first kappa shape index (κ1) is 17.6. The molecule has 28 heavy (non-hydrogen) atoms. The number of nitrogens with two attached hydrogens (primary N) is 1. The van der Waals surface area contributed by atoms with Gasteiger partial charge in [-0.2, -0.15) is 0 Å². The summed E-state index contributed by atoms with van der Waals surface area (Å²) < 4.78 is 6.37. The number of hydrogen-bond donors (Lipinski definition) is 2. The molecule has 4 aliphatic rings. The van der Waals surface area contributed by atoms with E-state index >= 15 is 0 Å². The van der Waals surface area contributed by atoms with Crippen LogP contribution in [0.5, 0.6) is 5.88 Å². The van der Waals surface area contributed by atoms with Crippen LogP contribution in [0.1, 0.15) is 18.4 Å². The lowest BCUT2D eigenvalue weighted by Gasteiger charge is -2.50. The topological polar surface area (TPSA) is 83.7 Å². The second kappa shape index (κ2) is 6.53. The molecule has 2 bridgehead atoms. The molecule has 0 saturated carbocycles. The van der Waals surface area contributed by atoms with Crippen LogP contribution in [0.4, 0.5) is 16.2 Å². The number of primary amides is 1. The minimum absolute atomic E-state index is 0.152. The van der Waals surface area contributed by atoms with Crippen molar-refractivity contribution in [3.63, 3.8) is 0 Å². The molecule has 1 unspecified atom stereocenters. The normalized spacial score (nSPS) is 27.3. The van der Waals surface area contributed by atoms with Crippen LogP contribution in [0.3, 0.4) is 0 Å². The first-order valence-electron chi connectivity index (χ1n) is 9.54. The number of amides is 2. The van der Waals surface area contributed by atoms with E-state index in [-0.39, 0.29) is 5.60 Å². The molecule has 3 fully saturated rings. The number of carbonyl (C=O) groups excluding carboxylic acids is 1. The minimum atomic E-state index is -0.632. The average molecular weight is 400 g/mol. The zero-order chi connectivity index (χ0) is 19.3. The van der Waals surface area contributed by atoms with Crippen molar-refractivity contribution in [1.82, 2.24) is 9.88 Å². The summed E-state index contributed by atoms with van der Waals surface area (Å²) in [7, 11) is 0. The highest BCUT2D eigenvalue weighted by Gasteiger charge is 2.52. The number of ether oxygens (including phenoxy) is 1. The molecule has 7 nitrogen and oxygen atoms in total. The number of carbonyl (C=O) groups is 1.